The summed E-state index contributed by atoms with van der Waals surface area (Å²) in [4.78, 5) is 0. The van der Waals surface area contributed by atoms with Gasteiger partial charge >= 0.3 is 0 Å². The van der Waals surface area contributed by atoms with E-state index in [1.165, 1.54) is 12.8 Å². The number of fused-ring (bicyclic) bond motifs is 4. The van der Waals surface area contributed by atoms with Crippen molar-refractivity contribution < 1.29 is 13.2 Å². The number of benzene rings is 2. The van der Waals surface area contributed by atoms with Gasteiger partial charge in [-0.15, -0.1) is 0 Å². The zero-order chi connectivity index (χ0) is 20.5. The van der Waals surface area contributed by atoms with E-state index in [4.69, 9.17) is 0 Å². The van der Waals surface area contributed by atoms with Crippen LogP contribution in [0.25, 0.3) is 22.3 Å². The van der Waals surface area contributed by atoms with E-state index in [0.29, 0.717) is 23.1 Å². The Bertz CT molecular complexity index is 892. The molecule has 156 valence electrons. The molecule has 0 aromatic heterocycles. The number of unbranched alkanes of at least 4 members (excludes halogenated alkanes) is 2. The molecule has 2 aliphatic carbocycles. The minimum Gasteiger partial charge on any atom is -0.206 e. The highest BCUT2D eigenvalue weighted by Gasteiger charge is 2.35. The van der Waals surface area contributed by atoms with Crippen molar-refractivity contribution in [3.05, 3.63) is 46.8 Å². The maximum Gasteiger partial charge on any atom is 0.167 e. The van der Waals surface area contributed by atoms with E-state index in [1.54, 1.807) is 6.07 Å². The van der Waals surface area contributed by atoms with Gasteiger partial charge in [-0.3, -0.25) is 0 Å². The van der Waals surface area contributed by atoms with Crippen molar-refractivity contribution in [3.8, 4) is 22.3 Å². The van der Waals surface area contributed by atoms with Crippen LogP contribution in [0.1, 0.15) is 88.7 Å². The van der Waals surface area contributed by atoms with Crippen LogP contribution < -0.4 is 0 Å². The molecule has 0 unspecified atom stereocenters. The molecule has 1 saturated carbocycles. The Hall–Kier alpha value is -1.77. The molecule has 2 aromatic carbocycles. The van der Waals surface area contributed by atoms with E-state index >= 15 is 8.78 Å². The molecule has 0 spiro atoms. The molecular weight excluding hydrogens is 369 g/mol. The summed E-state index contributed by atoms with van der Waals surface area (Å²) in [5.74, 6) is -1.19. The maximum absolute atomic E-state index is 15.0. The molecule has 3 heteroatoms. The summed E-state index contributed by atoms with van der Waals surface area (Å²) in [7, 11) is 0. The highest BCUT2D eigenvalue weighted by Crippen LogP contribution is 2.53. The summed E-state index contributed by atoms with van der Waals surface area (Å²) >= 11 is 0. The zero-order valence-electron chi connectivity index (χ0n) is 17.6. The fraction of sp³-hybridized carbons (Fsp3) is 0.538. The molecule has 4 rings (SSSR count). The molecule has 2 aliphatic rings. The lowest BCUT2D eigenvalue weighted by Gasteiger charge is -2.32. The van der Waals surface area contributed by atoms with Gasteiger partial charge in [-0.2, -0.15) is 0 Å². The van der Waals surface area contributed by atoms with Gasteiger partial charge in [-0.1, -0.05) is 51.7 Å². The van der Waals surface area contributed by atoms with Crippen LogP contribution in [0.3, 0.4) is 0 Å². The molecule has 0 saturated heterocycles. The standard InChI is InChI=1S/C26H31F3/c1-3-5-6-8-18-13-14-19-21-15-20(17-11-9-16(7-4-2)10-12-17)25(28)26(29)23(21)22(19)24(18)27/h13-17H,3-12H2,1-2H3. The molecular formula is C26H31F3. The number of hydrogen-bond donors (Lipinski definition) is 0. The average molecular weight is 401 g/mol. The van der Waals surface area contributed by atoms with Crippen LogP contribution in [-0.4, -0.2) is 0 Å². The first-order chi connectivity index (χ1) is 14.1. The molecule has 0 radical (unpaired) electrons. The predicted molar refractivity (Wildman–Crippen MR) is 114 cm³/mol. The Morgan fingerprint density at radius 2 is 1.52 bits per heavy atom. The normalized spacial score (nSPS) is 20.2. The SMILES string of the molecule is CCCCCc1ccc2c(c1F)-c1c-2cc(C2CCC(CCC)CC2)c(F)c1F. The number of rotatable bonds is 7. The Morgan fingerprint density at radius 1 is 0.793 bits per heavy atom. The summed E-state index contributed by atoms with van der Waals surface area (Å²) < 4.78 is 45.0. The second-order valence-electron chi connectivity index (χ2n) is 8.94. The first-order valence-corrected chi connectivity index (χ1v) is 11.4. The van der Waals surface area contributed by atoms with Gasteiger partial charge in [0.1, 0.15) is 5.82 Å². The van der Waals surface area contributed by atoms with Crippen LogP contribution in [0, 0.1) is 23.4 Å². The molecule has 0 heterocycles. The van der Waals surface area contributed by atoms with Gasteiger partial charge in [0.15, 0.2) is 11.6 Å². The van der Waals surface area contributed by atoms with Crippen LogP contribution in [0.5, 0.6) is 0 Å². The summed E-state index contributed by atoms with van der Waals surface area (Å²) in [5, 5.41) is 0. The first-order valence-electron chi connectivity index (χ1n) is 11.4. The Balaban J connectivity index is 1.61. The molecule has 0 nitrogen and oxygen atoms in total. The summed E-state index contributed by atoms with van der Waals surface area (Å²) in [6.45, 7) is 4.31. The lowest BCUT2D eigenvalue weighted by Crippen LogP contribution is -2.17. The fourth-order valence-electron chi connectivity index (χ4n) is 5.35. The molecule has 0 N–H and O–H groups in total. The van der Waals surface area contributed by atoms with E-state index in [2.05, 4.69) is 13.8 Å². The van der Waals surface area contributed by atoms with Crippen LogP contribution in [-0.2, 0) is 6.42 Å². The third-order valence-electron chi connectivity index (χ3n) is 7.03. The third kappa shape index (κ3) is 3.62. The number of aryl methyl sites for hydroxylation is 1. The smallest absolute Gasteiger partial charge is 0.167 e. The molecule has 0 aliphatic heterocycles. The highest BCUT2D eigenvalue weighted by atomic mass is 19.2. The van der Waals surface area contributed by atoms with Crippen molar-refractivity contribution in [2.24, 2.45) is 5.92 Å². The number of halogens is 3. The van der Waals surface area contributed by atoms with Crippen molar-refractivity contribution in [2.75, 3.05) is 0 Å². The largest absolute Gasteiger partial charge is 0.206 e. The maximum atomic E-state index is 15.0. The molecule has 1 fully saturated rings. The molecule has 0 bridgehead atoms. The summed E-state index contributed by atoms with van der Waals surface area (Å²) in [6.07, 6.45) is 10.1. The first kappa shape index (κ1) is 20.5. The highest BCUT2D eigenvalue weighted by molar-refractivity contribution is 6.03. The summed E-state index contributed by atoms with van der Waals surface area (Å²) in [5.41, 5.74) is 2.95. The minimum absolute atomic E-state index is 0.0742. The molecule has 0 atom stereocenters. The molecule has 2 aromatic rings. The fourth-order valence-corrected chi connectivity index (χ4v) is 5.35. The van der Waals surface area contributed by atoms with E-state index < -0.39 is 11.6 Å². The van der Waals surface area contributed by atoms with Gasteiger partial charge < -0.3 is 0 Å². The lowest BCUT2D eigenvalue weighted by atomic mass is 9.73. The van der Waals surface area contributed by atoms with Crippen LogP contribution >= 0.6 is 0 Å². The third-order valence-corrected chi connectivity index (χ3v) is 7.03. The second kappa shape index (κ2) is 8.53. The van der Waals surface area contributed by atoms with Crippen molar-refractivity contribution in [1.82, 2.24) is 0 Å². The molecule has 0 amide bonds. The lowest BCUT2D eigenvalue weighted by molar-refractivity contribution is 0.303. The van der Waals surface area contributed by atoms with Crippen LogP contribution in [0.2, 0.25) is 0 Å². The topological polar surface area (TPSA) is 0 Å². The molecule has 29 heavy (non-hydrogen) atoms. The van der Waals surface area contributed by atoms with E-state index in [9.17, 15) is 4.39 Å². The van der Waals surface area contributed by atoms with Gasteiger partial charge in [0.05, 0.1) is 0 Å². The average Bonchev–Trinajstić information content (AvgIpc) is 2.71. The summed E-state index contributed by atoms with van der Waals surface area (Å²) in [6, 6.07) is 5.52. The van der Waals surface area contributed by atoms with Crippen LogP contribution in [0.4, 0.5) is 13.2 Å². The Labute approximate surface area is 172 Å². The van der Waals surface area contributed by atoms with Gasteiger partial charge in [0, 0.05) is 11.1 Å². The zero-order valence-corrected chi connectivity index (χ0v) is 17.6. The van der Waals surface area contributed by atoms with Gasteiger partial charge in [-0.25, -0.2) is 13.2 Å². The van der Waals surface area contributed by atoms with Crippen molar-refractivity contribution in [1.29, 1.82) is 0 Å². The Kier molecular flexibility index (Phi) is 6.03. The van der Waals surface area contributed by atoms with Crippen molar-refractivity contribution >= 4 is 0 Å². The number of hydrogen-bond acceptors (Lipinski definition) is 0. The van der Waals surface area contributed by atoms with E-state index in [-0.39, 0.29) is 22.9 Å². The Morgan fingerprint density at radius 3 is 2.21 bits per heavy atom. The van der Waals surface area contributed by atoms with Gasteiger partial charge in [0.2, 0.25) is 0 Å². The predicted octanol–water partition coefficient (Wildman–Crippen LogP) is 8.56. The van der Waals surface area contributed by atoms with E-state index in [1.807, 2.05) is 12.1 Å². The quantitative estimate of drug-likeness (QED) is 0.348. The minimum atomic E-state index is -0.856. The van der Waals surface area contributed by atoms with Crippen LogP contribution in [0.15, 0.2) is 18.2 Å². The van der Waals surface area contributed by atoms with Crippen molar-refractivity contribution in [3.63, 3.8) is 0 Å². The van der Waals surface area contributed by atoms with E-state index in [0.717, 1.165) is 56.4 Å². The monoisotopic (exact) mass is 400 g/mol. The van der Waals surface area contributed by atoms with Gasteiger partial charge in [-0.05, 0) is 78.7 Å². The van der Waals surface area contributed by atoms with Gasteiger partial charge in [0.25, 0.3) is 0 Å². The van der Waals surface area contributed by atoms with Crippen molar-refractivity contribution in [2.45, 2.75) is 84.0 Å². The second-order valence-corrected chi connectivity index (χ2v) is 8.94.